The van der Waals surface area contributed by atoms with Gasteiger partial charge in [-0.2, -0.15) is 0 Å². The number of nitrogens with zero attached hydrogens (tertiary/aromatic N) is 5. The zero-order chi connectivity index (χ0) is 26.2. The van der Waals surface area contributed by atoms with Gasteiger partial charge in [-0.05, 0) is 70.2 Å². The van der Waals surface area contributed by atoms with Crippen molar-refractivity contribution in [1.29, 1.82) is 0 Å². The zero-order valence-electron chi connectivity index (χ0n) is 21.9. The molecule has 5 rings (SSSR count). The molecular weight excluding hydrogens is 488 g/mol. The number of nitrogens with one attached hydrogen (secondary N) is 1. The predicted molar refractivity (Wildman–Crippen MR) is 146 cm³/mol. The monoisotopic (exact) mass is 520 g/mol. The highest BCUT2D eigenvalue weighted by molar-refractivity contribution is 7.98. The van der Waals surface area contributed by atoms with Gasteiger partial charge in [-0.25, -0.2) is 19.7 Å². The van der Waals surface area contributed by atoms with E-state index in [1.54, 1.807) is 16.7 Å². The number of benzene rings is 1. The van der Waals surface area contributed by atoms with Gasteiger partial charge >= 0.3 is 6.09 Å². The molecule has 0 spiro atoms. The highest BCUT2D eigenvalue weighted by atomic mass is 32.2. The molecule has 37 heavy (non-hydrogen) atoms. The normalized spacial score (nSPS) is 14.9. The fraction of sp³-hybridized carbons (Fsp3) is 0.407. The van der Waals surface area contributed by atoms with E-state index in [-0.39, 0.29) is 0 Å². The Morgan fingerprint density at radius 3 is 2.65 bits per heavy atom. The van der Waals surface area contributed by atoms with Gasteiger partial charge in [0, 0.05) is 28.9 Å². The first-order valence-corrected chi connectivity index (χ1v) is 13.6. The summed E-state index contributed by atoms with van der Waals surface area (Å²) in [7, 11) is 0. The first-order valence-electron chi connectivity index (χ1n) is 12.4. The van der Waals surface area contributed by atoms with Crippen LogP contribution in [0.2, 0.25) is 0 Å². The molecular formula is C27H32N6O3S. The first kappa shape index (κ1) is 25.1. The second-order valence-corrected chi connectivity index (χ2v) is 11.0. The van der Waals surface area contributed by atoms with E-state index >= 15 is 0 Å². The van der Waals surface area contributed by atoms with E-state index < -0.39 is 11.7 Å². The van der Waals surface area contributed by atoms with E-state index in [0.29, 0.717) is 37.2 Å². The van der Waals surface area contributed by atoms with E-state index in [2.05, 4.69) is 38.6 Å². The van der Waals surface area contributed by atoms with Crippen LogP contribution in [-0.4, -0.2) is 52.6 Å². The molecule has 194 valence electrons. The smallest absolute Gasteiger partial charge is 0.415 e. The Bertz CT molecular complexity index is 1310. The molecule has 1 N–H and O–H groups in total. The minimum atomic E-state index is -0.590. The molecule has 1 aromatic carbocycles. The summed E-state index contributed by atoms with van der Waals surface area (Å²) in [5.74, 6) is 1.03. The summed E-state index contributed by atoms with van der Waals surface area (Å²) in [4.78, 5) is 32.0. The minimum Gasteiger partial charge on any atom is -0.474 e. The molecule has 10 heteroatoms. The predicted octanol–water partition coefficient (Wildman–Crippen LogP) is 5.34. The molecule has 4 heterocycles. The van der Waals surface area contributed by atoms with E-state index in [0.717, 1.165) is 41.2 Å². The Hall–Kier alpha value is -3.53. The fourth-order valence-corrected chi connectivity index (χ4v) is 4.93. The maximum absolute atomic E-state index is 13.0. The topological polar surface area (TPSA) is 92.7 Å². The van der Waals surface area contributed by atoms with Crippen molar-refractivity contribution in [2.45, 2.75) is 51.2 Å². The van der Waals surface area contributed by atoms with Crippen LogP contribution in [0.1, 0.15) is 37.6 Å². The lowest BCUT2D eigenvalue weighted by Crippen LogP contribution is -2.42. The van der Waals surface area contributed by atoms with Crippen LogP contribution < -0.4 is 19.9 Å². The summed E-state index contributed by atoms with van der Waals surface area (Å²) in [6, 6.07) is 8.20. The Balaban J connectivity index is 1.39. The first-order chi connectivity index (χ1) is 17.7. The lowest BCUT2D eigenvalue weighted by Gasteiger charge is -2.35. The number of hydrogen-bond donors (Lipinski definition) is 1. The number of aromatic nitrogens is 3. The third-order valence-corrected chi connectivity index (χ3v) is 7.06. The number of hydrogen-bond acceptors (Lipinski definition) is 9. The number of pyridine rings is 1. The fourth-order valence-electron chi connectivity index (χ4n) is 4.52. The van der Waals surface area contributed by atoms with Gasteiger partial charge in [-0.1, -0.05) is 0 Å². The van der Waals surface area contributed by atoms with Gasteiger partial charge in [0.05, 0.1) is 30.7 Å². The average molecular weight is 521 g/mol. The van der Waals surface area contributed by atoms with Gasteiger partial charge in [-0.3, -0.25) is 4.90 Å². The molecule has 0 saturated carbocycles. The molecule has 2 aromatic heterocycles. The number of amides is 1. The molecule has 0 atom stereocenters. The van der Waals surface area contributed by atoms with Gasteiger partial charge in [-0.15, -0.1) is 11.8 Å². The molecule has 0 unspecified atom stereocenters. The highest BCUT2D eigenvalue weighted by Crippen LogP contribution is 2.39. The van der Waals surface area contributed by atoms with Gasteiger partial charge in [0.15, 0.2) is 0 Å². The minimum absolute atomic E-state index is 0.377. The molecule has 1 amide bonds. The van der Waals surface area contributed by atoms with Crippen molar-refractivity contribution >= 4 is 40.9 Å². The molecule has 3 aromatic rings. The van der Waals surface area contributed by atoms with Gasteiger partial charge in [0.2, 0.25) is 11.8 Å². The number of fused-ring (bicyclic) bond motifs is 2. The summed E-state index contributed by atoms with van der Waals surface area (Å²) in [6.07, 6.45) is 6.22. The lowest BCUT2D eigenvalue weighted by atomic mass is 10.0. The summed E-state index contributed by atoms with van der Waals surface area (Å²) >= 11 is 1.71. The maximum Gasteiger partial charge on any atom is 0.415 e. The molecule has 0 radical (unpaired) electrons. The Morgan fingerprint density at radius 1 is 1.14 bits per heavy atom. The largest absolute Gasteiger partial charge is 0.474 e. The van der Waals surface area contributed by atoms with Gasteiger partial charge in [0.1, 0.15) is 17.9 Å². The second-order valence-electron chi connectivity index (χ2n) is 10.1. The SMILES string of the molecule is CSc1ccc(Nc2ncc3c(n2)CN(c2cnc4c(c2C)N(C(=O)OC(C)(C)C)CCO4)CC3)cc1. The number of carbonyl (C=O) groups is 1. The Morgan fingerprint density at radius 2 is 1.92 bits per heavy atom. The number of ether oxygens (including phenoxy) is 2. The summed E-state index contributed by atoms with van der Waals surface area (Å²) in [5, 5.41) is 3.31. The number of anilines is 4. The maximum atomic E-state index is 13.0. The highest BCUT2D eigenvalue weighted by Gasteiger charge is 2.32. The van der Waals surface area contributed by atoms with E-state index in [1.807, 2.05) is 52.2 Å². The van der Waals surface area contributed by atoms with Crippen LogP contribution in [0.25, 0.3) is 0 Å². The Kier molecular flexibility index (Phi) is 6.85. The molecule has 9 nitrogen and oxygen atoms in total. The number of rotatable bonds is 4. The molecule has 0 fully saturated rings. The van der Waals surface area contributed by atoms with Gasteiger partial charge in [0.25, 0.3) is 0 Å². The van der Waals surface area contributed by atoms with Crippen LogP contribution in [0.4, 0.5) is 27.8 Å². The average Bonchev–Trinajstić information content (AvgIpc) is 2.87. The molecule has 0 saturated heterocycles. The van der Waals surface area contributed by atoms with Crippen LogP contribution in [0.15, 0.2) is 41.6 Å². The quantitative estimate of drug-likeness (QED) is 0.458. The van der Waals surface area contributed by atoms with Crippen LogP contribution in [0.3, 0.4) is 0 Å². The number of thioether (sulfide) groups is 1. The van der Waals surface area contributed by atoms with Gasteiger partial charge < -0.3 is 19.7 Å². The molecule has 0 bridgehead atoms. The van der Waals surface area contributed by atoms with E-state index in [9.17, 15) is 4.79 Å². The Labute approximate surface area is 221 Å². The van der Waals surface area contributed by atoms with Crippen molar-refractivity contribution < 1.29 is 14.3 Å². The third kappa shape index (κ3) is 5.44. The lowest BCUT2D eigenvalue weighted by molar-refractivity contribution is 0.0566. The van der Waals surface area contributed by atoms with E-state index in [1.165, 1.54) is 4.90 Å². The molecule has 0 aliphatic carbocycles. The second kappa shape index (κ2) is 10.1. The van der Waals surface area contributed by atoms with Crippen molar-refractivity contribution in [3.63, 3.8) is 0 Å². The molecule has 2 aliphatic heterocycles. The van der Waals surface area contributed by atoms with E-state index in [4.69, 9.17) is 14.5 Å². The van der Waals surface area contributed by atoms with Crippen LogP contribution >= 0.6 is 11.8 Å². The summed E-state index contributed by atoms with van der Waals surface area (Å²) < 4.78 is 11.5. The van der Waals surface area contributed by atoms with Crippen molar-refractivity contribution in [3.05, 3.63) is 53.5 Å². The summed E-state index contributed by atoms with van der Waals surface area (Å²) in [6.45, 7) is 9.80. The molecule has 2 aliphatic rings. The van der Waals surface area contributed by atoms with Crippen LogP contribution in [0, 0.1) is 6.92 Å². The van der Waals surface area contributed by atoms with Crippen molar-refractivity contribution in [1.82, 2.24) is 15.0 Å². The van der Waals surface area contributed by atoms with Crippen molar-refractivity contribution in [3.8, 4) is 5.88 Å². The van der Waals surface area contributed by atoms with Crippen molar-refractivity contribution in [2.24, 2.45) is 0 Å². The third-order valence-electron chi connectivity index (χ3n) is 6.32. The number of carbonyl (C=O) groups excluding carboxylic acids is 1. The standard InChI is InChI=1S/C27H32N6O3S/c1-17-22(15-28-24-23(17)33(12-13-35-24)26(34)36-27(2,3)4)32-11-10-18-14-29-25(31-21(18)16-32)30-19-6-8-20(37-5)9-7-19/h6-9,14-15H,10-13,16H2,1-5H3,(H,29,30,31). The van der Waals surface area contributed by atoms with Crippen molar-refractivity contribution in [2.75, 3.05) is 41.1 Å². The zero-order valence-corrected chi connectivity index (χ0v) is 22.7. The summed E-state index contributed by atoms with van der Waals surface area (Å²) in [5.41, 5.74) is 5.02. The van der Waals surface area contributed by atoms with Crippen LogP contribution in [0.5, 0.6) is 5.88 Å². The van der Waals surface area contributed by atoms with Crippen LogP contribution in [-0.2, 0) is 17.7 Å².